The minimum atomic E-state index is -4.24. The summed E-state index contributed by atoms with van der Waals surface area (Å²) in [7, 11) is -3.06. The van der Waals surface area contributed by atoms with E-state index in [1.807, 2.05) is 0 Å². The number of carbonyl (C=O) groups excluding carboxylic acids is 1. The maximum absolute atomic E-state index is 13.6. The van der Waals surface area contributed by atoms with Crippen molar-refractivity contribution >= 4 is 42.2 Å². The first-order valence-electron chi connectivity index (χ1n) is 11.1. The number of methoxy groups -OCH3 is 1. The van der Waals surface area contributed by atoms with Crippen molar-refractivity contribution in [3.63, 3.8) is 0 Å². The highest BCUT2D eigenvalue weighted by molar-refractivity contribution is 7.52. The standard InChI is InChI=1S/C22H27ClN5O8P/c1-12(20(30)33-3)27-37(32,36-14-6-4-13(23)5-7-14)34-10-16-17(29)22(2,31)21(35-16)28-9-8-15-18(24)25-11-26-19(15)28/h4-9,11-12,16-17,21,29,31H,10H2,1-3H3,(H,27,32)(H2,24,25,26)/t12?,16?,17-,21?,22-,37?/m1/s1. The number of rotatable bonds is 9. The number of fused-ring (bicyclic) bond motifs is 1. The van der Waals surface area contributed by atoms with Crippen LogP contribution in [-0.4, -0.2) is 68.3 Å². The molecule has 1 fully saturated rings. The Bertz CT molecular complexity index is 1320. The summed E-state index contributed by atoms with van der Waals surface area (Å²) in [6, 6.07) is 6.57. The lowest BCUT2D eigenvalue weighted by atomic mass is 9.96. The van der Waals surface area contributed by atoms with Crippen LogP contribution in [0.25, 0.3) is 11.0 Å². The van der Waals surface area contributed by atoms with E-state index >= 15 is 0 Å². The molecule has 4 rings (SSSR count). The lowest BCUT2D eigenvalue weighted by molar-refractivity contribution is -0.142. The zero-order valence-corrected chi connectivity index (χ0v) is 21.8. The van der Waals surface area contributed by atoms with Gasteiger partial charge >= 0.3 is 13.7 Å². The molecule has 0 aliphatic carbocycles. The molecule has 4 unspecified atom stereocenters. The predicted octanol–water partition coefficient (Wildman–Crippen LogP) is 2.03. The third kappa shape index (κ3) is 5.58. The lowest BCUT2D eigenvalue weighted by Gasteiger charge is -2.27. The molecule has 0 bridgehead atoms. The van der Waals surface area contributed by atoms with E-state index in [4.69, 9.17) is 31.1 Å². The Hall–Kier alpha value is -2.77. The van der Waals surface area contributed by atoms with Crippen molar-refractivity contribution in [2.24, 2.45) is 0 Å². The number of anilines is 1. The van der Waals surface area contributed by atoms with Crippen LogP contribution in [0.5, 0.6) is 5.75 Å². The second-order valence-electron chi connectivity index (χ2n) is 8.63. The lowest BCUT2D eigenvalue weighted by Crippen LogP contribution is -2.44. The van der Waals surface area contributed by atoms with Gasteiger partial charge in [0.05, 0.1) is 19.1 Å². The van der Waals surface area contributed by atoms with Crippen molar-refractivity contribution in [3.05, 3.63) is 47.9 Å². The first-order chi connectivity index (χ1) is 17.4. The summed E-state index contributed by atoms with van der Waals surface area (Å²) in [6.07, 6.45) is -0.835. The van der Waals surface area contributed by atoms with Crippen molar-refractivity contribution in [3.8, 4) is 5.75 Å². The average Bonchev–Trinajstić information content (AvgIpc) is 3.38. The SMILES string of the molecule is COC(=O)C(C)NP(=O)(OCC1OC(n2ccc3c(N)ncnc32)[C@](C)(O)[C@@H]1O)Oc1ccc(Cl)cc1. The molecule has 3 heterocycles. The Morgan fingerprint density at radius 2 is 2.05 bits per heavy atom. The van der Waals surface area contributed by atoms with Gasteiger partial charge in [-0.15, -0.1) is 0 Å². The molecule has 1 saturated heterocycles. The summed E-state index contributed by atoms with van der Waals surface area (Å²) in [6.45, 7) is 2.33. The third-order valence-corrected chi connectivity index (χ3v) is 7.80. The van der Waals surface area contributed by atoms with E-state index in [0.29, 0.717) is 16.1 Å². The number of hydrogen-bond acceptors (Lipinski definition) is 11. The molecule has 1 aliphatic heterocycles. The van der Waals surface area contributed by atoms with Crippen LogP contribution in [0.15, 0.2) is 42.9 Å². The Balaban J connectivity index is 1.55. The van der Waals surface area contributed by atoms with E-state index < -0.39 is 50.4 Å². The molecular formula is C22H27ClN5O8P. The summed E-state index contributed by atoms with van der Waals surface area (Å²) in [5.41, 5.74) is 4.49. The molecule has 2 aromatic heterocycles. The van der Waals surface area contributed by atoms with Gasteiger partial charge in [0.15, 0.2) is 6.23 Å². The molecule has 1 aromatic carbocycles. The third-order valence-electron chi connectivity index (χ3n) is 5.90. The molecular weight excluding hydrogens is 529 g/mol. The van der Waals surface area contributed by atoms with Crippen LogP contribution in [0.1, 0.15) is 20.1 Å². The maximum atomic E-state index is 13.6. The number of carbonyl (C=O) groups is 1. The Kier molecular flexibility index (Phi) is 7.77. The fraction of sp³-hybridized carbons (Fsp3) is 0.409. The number of ether oxygens (including phenoxy) is 2. The minimum Gasteiger partial charge on any atom is -0.468 e. The smallest absolute Gasteiger partial charge is 0.459 e. The fourth-order valence-corrected chi connectivity index (χ4v) is 5.55. The van der Waals surface area contributed by atoms with Crippen LogP contribution >= 0.6 is 19.3 Å². The van der Waals surface area contributed by atoms with E-state index in [-0.39, 0.29) is 11.6 Å². The first kappa shape index (κ1) is 27.3. The van der Waals surface area contributed by atoms with Crippen molar-refractivity contribution in [1.29, 1.82) is 0 Å². The number of nitrogens with zero attached hydrogens (tertiary/aromatic N) is 3. The van der Waals surface area contributed by atoms with Gasteiger partial charge in [-0.05, 0) is 44.2 Å². The summed E-state index contributed by atoms with van der Waals surface area (Å²) < 4.78 is 36.9. The van der Waals surface area contributed by atoms with Gasteiger partial charge in [0.1, 0.15) is 47.4 Å². The topological polar surface area (TPSA) is 180 Å². The highest BCUT2D eigenvalue weighted by Gasteiger charge is 2.54. The monoisotopic (exact) mass is 555 g/mol. The van der Waals surface area contributed by atoms with Gasteiger partial charge in [0.2, 0.25) is 0 Å². The molecule has 37 heavy (non-hydrogen) atoms. The summed E-state index contributed by atoms with van der Waals surface area (Å²) in [5, 5.41) is 25.5. The number of esters is 1. The van der Waals surface area contributed by atoms with Crippen LogP contribution in [0.3, 0.4) is 0 Å². The van der Waals surface area contributed by atoms with E-state index in [9.17, 15) is 19.6 Å². The molecule has 5 N–H and O–H groups in total. The summed E-state index contributed by atoms with van der Waals surface area (Å²) in [4.78, 5) is 20.1. The van der Waals surface area contributed by atoms with E-state index in [0.717, 1.165) is 0 Å². The maximum Gasteiger partial charge on any atom is 0.459 e. The number of nitrogens with two attached hydrogens (primary N) is 1. The Morgan fingerprint density at radius 1 is 1.35 bits per heavy atom. The van der Waals surface area contributed by atoms with Crippen molar-refractivity contribution in [2.45, 2.75) is 43.9 Å². The quantitative estimate of drug-likeness (QED) is 0.223. The second-order valence-corrected chi connectivity index (χ2v) is 10.8. The number of aromatic nitrogens is 3. The van der Waals surface area contributed by atoms with Gasteiger partial charge in [-0.3, -0.25) is 9.32 Å². The number of nitrogens with one attached hydrogen (secondary N) is 1. The number of nitrogen functional groups attached to an aromatic ring is 1. The van der Waals surface area contributed by atoms with E-state index in [1.165, 1.54) is 56.1 Å². The van der Waals surface area contributed by atoms with Crippen LogP contribution in [0, 0.1) is 0 Å². The summed E-state index contributed by atoms with van der Waals surface area (Å²) in [5.74, 6) is -0.316. The van der Waals surface area contributed by atoms with Gasteiger partial charge in [-0.25, -0.2) is 14.5 Å². The fourth-order valence-electron chi connectivity index (χ4n) is 3.92. The number of halogens is 1. The van der Waals surface area contributed by atoms with Crippen LogP contribution < -0.4 is 15.3 Å². The van der Waals surface area contributed by atoms with Gasteiger partial charge < -0.3 is 34.5 Å². The average molecular weight is 556 g/mol. The highest BCUT2D eigenvalue weighted by atomic mass is 35.5. The number of benzene rings is 1. The van der Waals surface area contributed by atoms with Crippen LogP contribution in [-0.2, 0) is 23.4 Å². The number of hydrogen-bond donors (Lipinski definition) is 4. The second kappa shape index (κ2) is 10.5. The van der Waals surface area contributed by atoms with Gasteiger partial charge in [0.25, 0.3) is 0 Å². The van der Waals surface area contributed by atoms with Crippen LogP contribution in [0.2, 0.25) is 5.02 Å². The van der Waals surface area contributed by atoms with Crippen molar-refractivity contribution in [1.82, 2.24) is 19.6 Å². The molecule has 1 aliphatic rings. The largest absolute Gasteiger partial charge is 0.468 e. The zero-order valence-electron chi connectivity index (χ0n) is 20.1. The first-order valence-corrected chi connectivity index (χ1v) is 13.1. The molecule has 6 atom stereocenters. The Morgan fingerprint density at radius 3 is 2.73 bits per heavy atom. The van der Waals surface area contributed by atoms with Gasteiger partial charge in [0, 0.05) is 11.2 Å². The van der Waals surface area contributed by atoms with Gasteiger partial charge in [-0.1, -0.05) is 11.6 Å². The molecule has 0 saturated carbocycles. The molecule has 3 aromatic rings. The van der Waals surface area contributed by atoms with Crippen molar-refractivity contribution in [2.75, 3.05) is 19.5 Å². The molecule has 0 amide bonds. The van der Waals surface area contributed by atoms with Crippen molar-refractivity contribution < 1.29 is 38.1 Å². The van der Waals surface area contributed by atoms with Crippen LogP contribution in [0.4, 0.5) is 5.82 Å². The minimum absolute atomic E-state index is 0.145. The Labute approximate surface area is 217 Å². The zero-order chi connectivity index (χ0) is 27.0. The normalized spacial score (nSPS) is 26.1. The highest BCUT2D eigenvalue weighted by Crippen LogP contribution is 2.47. The molecule has 0 radical (unpaired) electrons. The van der Waals surface area contributed by atoms with Gasteiger partial charge in [-0.2, -0.15) is 5.09 Å². The van der Waals surface area contributed by atoms with E-state index in [2.05, 4.69) is 19.8 Å². The molecule has 13 nitrogen and oxygen atoms in total. The predicted molar refractivity (Wildman–Crippen MR) is 133 cm³/mol. The molecule has 0 spiro atoms. The summed E-state index contributed by atoms with van der Waals surface area (Å²) >= 11 is 5.90. The number of aliphatic hydroxyl groups is 2. The van der Waals surface area contributed by atoms with E-state index in [1.54, 1.807) is 12.3 Å². The number of aliphatic hydroxyl groups excluding tert-OH is 1. The molecule has 200 valence electrons. The molecule has 15 heteroatoms.